The van der Waals surface area contributed by atoms with Gasteiger partial charge in [-0.25, -0.2) is 8.42 Å². The molecule has 0 aliphatic carbocycles. The van der Waals surface area contributed by atoms with Crippen molar-refractivity contribution in [3.8, 4) is 6.07 Å². The molecular weight excluding hydrogens is 290 g/mol. The molecular formula is C14H19N3O3S. The van der Waals surface area contributed by atoms with Crippen LogP contribution in [0.2, 0.25) is 0 Å². The van der Waals surface area contributed by atoms with E-state index in [-0.39, 0.29) is 11.3 Å². The van der Waals surface area contributed by atoms with Crippen molar-refractivity contribution in [2.24, 2.45) is 0 Å². The van der Waals surface area contributed by atoms with Crippen molar-refractivity contribution in [1.82, 2.24) is 4.31 Å². The van der Waals surface area contributed by atoms with Gasteiger partial charge in [-0.05, 0) is 24.6 Å². The molecule has 0 saturated heterocycles. The first-order chi connectivity index (χ1) is 9.86. The first-order valence-corrected chi connectivity index (χ1v) is 8.08. The molecule has 0 spiro atoms. The molecule has 1 amide bonds. The van der Waals surface area contributed by atoms with Crippen LogP contribution < -0.4 is 5.32 Å². The van der Waals surface area contributed by atoms with E-state index >= 15 is 0 Å². The van der Waals surface area contributed by atoms with E-state index in [0.29, 0.717) is 18.8 Å². The third kappa shape index (κ3) is 4.03. The lowest BCUT2D eigenvalue weighted by Crippen LogP contribution is -2.30. The Morgan fingerprint density at radius 2 is 1.95 bits per heavy atom. The highest BCUT2D eigenvalue weighted by Crippen LogP contribution is 2.23. The van der Waals surface area contributed by atoms with E-state index in [1.807, 2.05) is 0 Å². The van der Waals surface area contributed by atoms with Gasteiger partial charge in [0.15, 0.2) is 0 Å². The molecule has 0 unspecified atom stereocenters. The molecule has 0 heterocycles. The number of nitriles is 1. The molecule has 7 heteroatoms. The predicted octanol–water partition coefficient (Wildman–Crippen LogP) is 1.88. The zero-order valence-electron chi connectivity index (χ0n) is 12.4. The lowest BCUT2D eigenvalue weighted by atomic mass is 10.2. The van der Waals surface area contributed by atoms with E-state index in [9.17, 15) is 13.2 Å². The van der Waals surface area contributed by atoms with Crippen molar-refractivity contribution in [3.63, 3.8) is 0 Å². The summed E-state index contributed by atoms with van der Waals surface area (Å²) in [5.74, 6) is -0.460. The highest BCUT2D eigenvalue weighted by Gasteiger charge is 2.22. The summed E-state index contributed by atoms with van der Waals surface area (Å²) in [5, 5.41) is 11.0. The summed E-state index contributed by atoms with van der Waals surface area (Å²) in [5.41, 5.74) is 1.14. The summed E-state index contributed by atoms with van der Waals surface area (Å²) < 4.78 is 26.2. The van der Waals surface area contributed by atoms with Gasteiger partial charge in [-0.15, -0.1) is 0 Å². The molecule has 0 radical (unpaired) electrons. The van der Waals surface area contributed by atoms with E-state index in [1.165, 1.54) is 16.4 Å². The van der Waals surface area contributed by atoms with Crippen LogP contribution in [0.5, 0.6) is 0 Å². The van der Waals surface area contributed by atoms with Gasteiger partial charge in [0, 0.05) is 18.8 Å². The Morgan fingerprint density at radius 3 is 2.48 bits per heavy atom. The molecule has 21 heavy (non-hydrogen) atoms. The largest absolute Gasteiger partial charge is 0.325 e. The Kier molecular flexibility index (Phi) is 5.88. The Bertz CT molecular complexity index is 659. The van der Waals surface area contributed by atoms with Crippen molar-refractivity contribution >= 4 is 21.6 Å². The van der Waals surface area contributed by atoms with E-state index in [1.54, 1.807) is 32.9 Å². The van der Waals surface area contributed by atoms with Crippen molar-refractivity contribution in [1.29, 1.82) is 5.26 Å². The Hall–Kier alpha value is -1.91. The Morgan fingerprint density at radius 1 is 1.33 bits per heavy atom. The molecule has 0 bridgehead atoms. The minimum absolute atomic E-state index is 0.129. The molecule has 1 N–H and O–H groups in total. The average Bonchev–Trinajstić information content (AvgIpc) is 2.42. The number of benzene rings is 1. The van der Waals surface area contributed by atoms with Crippen LogP contribution >= 0.6 is 0 Å². The Labute approximate surface area is 125 Å². The summed E-state index contributed by atoms with van der Waals surface area (Å²) in [7, 11) is -3.57. The second-order valence-corrected chi connectivity index (χ2v) is 6.39. The topological polar surface area (TPSA) is 90.3 Å². The quantitative estimate of drug-likeness (QED) is 0.868. The second kappa shape index (κ2) is 7.20. The summed E-state index contributed by atoms with van der Waals surface area (Å²) in [6.07, 6.45) is -0.271. The third-order valence-electron chi connectivity index (χ3n) is 3.07. The van der Waals surface area contributed by atoms with Crippen LogP contribution in [0.3, 0.4) is 0 Å². The number of carbonyl (C=O) groups excluding carboxylic acids is 1. The van der Waals surface area contributed by atoms with Gasteiger partial charge >= 0.3 is 0 Å². The number of anilines is 1. The number of sulfonamides is 1. The van der Waals surface area contributed by atoms with E-state index in [0.717, 1.165) is 5.56 Å². The van der Waals surface area contributed by atoms with Gasteiger partial charge in [-0.2, -0.15) is 9.57 Å². The van der Waals surface area contributed by atoms with Gasteiger partial charge in [0.25, 0.3) is 0 Å². The number of carbonyl (C=O) groups is 1. The molecule has 0 aliphatic rings. The smallest absolute Gasteiger partial charge is 0.243 e. The van der Waals surface area contributed by atoms with Gasteiger partial charge in [0.2, 0.25) is 15.9 Å². The average molecular weight is 309 g/mol. The van der Waals surface area contributed by atoms with Crippen LogP contribution in [0.1, 0.15) is 25.8 Å². The Balaban J connectivity index is 3.18. The van der Waals surface area contributed by atoms with Crippen molar-refractivity contribution in [2.45, 2.75) is 32.1 Å². The van der Waals surface area contributed by atoms with E-state index < -0.39 is 15.9 Å². The molecule has 0 atom stereocenters. The second-order valence-electron chi connectivity index (χ2n) is 4.45. The van der Waals surface area contributed by atoms with Gasteiger partial charge in [-0.3, -0.25) is 4.79 Å². The third-order valence-corrected chi connectivity index (χ3v) is 5.11. The molecule has 0 aromatic heterocycles. The molecule has 1 rings (SSSR count). The predicted molar refractivity (Wildman–Crippen MR) is 80.1 cm³/mol. The maximum atomic E-state index is 12.4. The fourth-order valence-electron chi connectivity index (χ4n) is 1.88. The van der Waals surface area contributed by atoms with E-state index in [2.05, 4.69) is 5.32 Å². The lowest BCUT2D eigenvalue weighted by Gasteiger charge is -2.19. The molecule has 0 aliphatic heterocycles. The molecule has 6 nitrogen and oxygen atoms in total. The highest BCUT2D eigenvalue weighted by molar-refractivity contribution is 7.89. The van der Waals surface area contributed by atoms with Crippen LogP contribution in [0.25, 0.3) is 0 Å². The van der Waals surface area contributed by atoms with Gasteiger partial charge in [0.1, 0.15) is 6.42 Å². The zero-order chi connectivity index (χ0) is 16.0. The molecule has 1 aromatic rings. The van der Waals surface area contributed by atoms with Crippen LogP contribution in [-0.4, -0.2) is 31.7 Å². The normalized spacial score (nSPS) is 11.2. The lowest BCUT2D eigenvalue weighted by molar-refractivity contribution is -0.115. The fourth-order valence-corrected chi connectivity index (χ4v) is 3.36. The molecule has 1 aromatic carbocycles. The SMILES string of the molecule is CCN(CC)S(=O)(=O)c1ccc(C)c(NC(=O)CC#N)c1. The van der Waals surface area contributed by atoms with Crippen molar-refractivity contribution in [2.75, 3.05) is 18.4 Å². The van der Waals surface area contributed by atoms with Crippen LogP contribution in [0.15, 0.2) is 23.1 Å². The minimum Gasteiger partial charge on any atom is -0.325 e. The minimum atomic E-state index is -3.57. The van der Waals surface area contributed by atoms with Crippen molar-refractivity contribution < 1.29 is 13.2 Å². The number of nitrogens with zero attached hydrogens (tertiary/aromatic N) is 2. The summed E-state index contributed by atoms with van der Waals surface area (Å²) >= 11 is 0. The molecule has 114 valence electrons. The first-order valence-electron chi connectivity index (χ1n) is 6.64. The number of hydrogen-bond acceptors (Lipinski definition) is 4. The van der Waals surface area contributed by atoms with Gasteiger partial charge in [0.05, 0.1) is 11.0 Å². The monoisotopic (exact) mass is 309 g/mol. The number of nitrogens with one attached hydrogen (secondary N) is 1. The van der Waals surface area contributed by atoms with Crippen LogP contribution in [-0.2, 0) is 14.8 Å². The number of amides is 1. The maximum absolute atomic E-state index is 12.4. The number of rotatable bonds is 6. The standard InChI is InChI=1S/C14H19N3O3S/c1-4-17(5-2)21(19,20)12-7-6-11(3)13(10-12)16-14(18)8-9-15/h6-7,10H,4-5,8H2,1-3H3,(H,16,18). The molecule has 0 fully saturated rings. The summed E-state index contributed by atoms with van der Waals surface area (Å²) in [6.45, 7) is 6.05. The fraction of sp³-hybridized carbons (Fsp3) is 0.429. The summed E-state index contributed by atoms with van der Waals surface area (Å²) in [4.78, 5) is 11.6. The zero-order valence-corrected chi connectivity index (χ0v) is 13.2. The summed E-state index contributed by atoms with van der Waals surface area (Å²) in [6, 6.07) is 6.33. The van der Waals surface area contributed by atoms with Gasteiger partial charge < -0.3 is 5.32 Å². The van der Waals surface area contributed by atoms with E-state index in [4.69, 9.17) is 5.26 Å². The highest BCUT2D eigenvalue weighted by atomic mass is 32.2. The van der Waals surface area contributed by atoms with Crippen LogP contribution in [0, 0.1) is 18.3 Å². The van der Waals surface area contributed by atoms with Gasteiger partial charge in [-0.1, -0.05) is 19.9 Å². The molecule has 0 saturated carbocycles. The van der Waals surface area contributed by atoms with Crippen molar-refractivity contribution in [3.05, 3.63) is 23.8 Å². The maximum Gasteiger partial charge on any atom is 0.243 e. The van der Waals surface area contributed by atoms with Crippen LogP contribution in [0.4, 0.5) is 5.69 Å². The number of aryl methyl sites for hydroxylation is 1. The number of hydrogen-bond donors (Lipinski definition) is 1. The first kappa shape index (κ1) is 17.1.